The smallest absolute Gasteiger partial charge is 0.220 e. The van der Waals surface area contributed by atoms with Crippen molar-refractivity contribution in [3.8, 4) is 0 Å². The van der Waals surface area contributed by atoms with Gasteiger partial charge in [0.1, 0.15) is 24.4 Å². The molecule has 7 unspecified atom stereocenters. The minimum atomic E-state index is -1.57. The number of hydrogen-bond acceptors (Lipinski definition) is 8. The highest BCUT2D eigenvalue weighted by atomic mass is 16.7. The molecule has 1 aliphatic rings. The molecule has 0 aromatic heterocycles. The number of carbonyl (C=O) groups is 1. The quantitative estimate of drug-likeness (QED) is 0.0266. The van der Waals surface area contributed by atoms with Crippen LogP contribution in [0.4, 0.5) is 0 Å². The first-order valence-corrected chi connectivity index (χ1v) is 24.0. The van der Waals surface area contributed by atoms with E-state index in [4.69, 9.17) is 9.47 Å². The van der Waals surface area contributed by atoms with Crippen molar-refractivity contribution >= 4 is 5.91 Å². The zero-order chi connectivity index (χ0) is 44.4. The first-order valence-electron chi connectivity index (χ1n) is 24.0. The van der Waals surface area contributed by atoms with Crippen LogP contribution in [0.25, 0.3) is 0 Å². The van der Waals surface area contributed by atoms with E-state index in [2.05, 4.69) is 104 Å². The SMILES string of the molecule is CC/C=C\C/C=C\C/C=C\C/C=C\C/C=C\C/C=C\C/C=C\CCCCCCCCCCCC(=O)NC(COC1OC(CO)C(O)C(O)C1O)C(O)/C=C/CCCCCCC. The van der Waals surface area contributed by atoms with Gasteiger partial charge in [-0.15, -0.1) is 0 Å². The van der Waals surface area contributed by atoms with Gasteiger partial charge in [-0.05, 0) is 77.0 Å². The summed E-state index contributed by atoms with van der Waals surface area (Å²) in [7, 11) is 0. The van der Waals surface area contributed by atoms with Crippen molar-refractivity contribution in [2.45, 2.75) is 211 Å². The summed E-state index contributed by atoms with van der Waals surface area (Å²) < 4.78 is 11.1. The van der Waals surface area contributed by atoms with Crippen molar-refractivity contribution in [2.75, 3.05) is 13.2 Å². The molecular weight excluding hydrogens is 767 g/mol. The Morgan fingerprint density at radius 3 is 1.51 bits per heavy atom. The molecule has 1 rings (SSSR count). The number of carbonyl (C=O) groups excluding carboxylic acids is 1. The highest BCUT2D eigenvalue weighted by molar-refractivity contribution is 5.76. The van der Waals surface area contributed by atoms with Gasteiger partial charge in [-0.1, -0.05) is 182 Å². The number of allylic oxidation sites excluding steroid dienone is 15. The van der Waals surface area contributed by atoms with Gasteiger partial charge in [0.25, 0.3) is 0 Å². The molecule has 9 nitrogen and oxygen atoms in total. The normalized spacial score (nSPS) is 21.3. The average Bonchev–Trinajstić information content (AvgIpc) is 3.26. The van der Waals surface area contributed by atoms with Crippen LogP contribution in [0.1, 0.15) is 168 Å². The molecule has 1 amide bonds. The molecule has 0 saturated carbocycles. The molecule has 0 aromatic carbocycles. The number of aliphatic hydroxyl groups is 5. The third-order valence-corrected chi connectivity index (χ3v) is 10.7. The number of rotatable bonds is 38. The van der Waals surface area contributed by atoms with E-state index >= 15 is 0 Å². The van der Waals surface area contributed by atoms with Crippen molar-refractivity contribution in [1.29, 1.82) is 0 Å². The minimum Gasteiger partial charge on any atom is -0.394 e. The lowest BCUT2D eigenvalue weighted by molar-refractivity contribution is -0.302. The van der Waals surface area contributed by atoms with Gasteiger partial charge in [0.05, 0.1) is 25.4 Å². The van der Waals surface area contributed by atoms with Crippen LogP contribution >= 0.6 is 0 Å². The summed E-state index contributed by atoms with van der Waals surface area (Å²) in [5.41, 5.74) is 0. The molecular formula is C52H87NO8. The number of nitrogens with one attached hydrogen (secondary N) is 1. The molecule has 0 aliphatic carbocycles. The zero-order valence-corrected chi connectivity index (χ0v) is 38.1. The summed E-state index contributed by atoms with van der Waals surface area (Å²) in [6.45, 7) is 3.57. The van der Waals surface area contributed by atoms with Gasteiger partial charge in [0, 0.05) is 6.42 Å². The zero-order valence-electron chi connectivity index (χ0n) is 38.1. The van der Waals surface area contributed by atoms with Crippen LogP contribution in [-0.2, 0) is 14.3 Å². The van der Waals surface area contributed by atoms with Gasteiger partial charge < -0.3 is 40.3 Å². The van der Waals surface area contributed by atoms with Crippen LogP contribution in [0.15, 0.2) is 97.2 Å². The Morgan fingerprint density at radius 1 is 0.574 bits per heavy atom. The van der Waals surface area contributed by atoms with E-state index in [9.17, 15) is 30.3 Å². The second-order valence-corrected chi connectivity index (χ2v) is 16.2. The van der Waals surface area contributed by atoms with Crippen molar-refractivity contribution in [1.82, 2.24) is 5.32 Å². The van der Waals surface area contributed by atoms with E-state index in [1.807, 2.05) is 6.08 Å². The van der Waals surface area contributed by atoms with E-state index < -0.39 is 49.5 Å². The van der Waals surface area contributed by atoms with Crippen LogP contribution in [0.2, 0.25) is 0 Å². The van der Waals surface area contributed by atoms with Crippen LogP contribution in [-0.4, -0.2) is 87.5 Å². The summed E-state index contributed by atoms with van der Waals surface area (Å²) in [4.78, 5) is 12.9. The molecule has 7 atom stereocenters. The molecule has 1 heterocycles. The lowest BCUT2D eigenvalue weighted by Gasteiger charge is -2.40. The number of amides is 1. The number of aliphatic hydroxyl groups excluding tert-OH is 5. The summed E-state index contributed by atoms with van der Waals surface area (Å²) in [6, 6.07) is -0.811. The summed E-state index contributed by atoms with van der Waals surface area (Å²) >= 11 is 0. The fourth-order valence-corrected chi connectivity index (χ4v) is 6.84. The largest absolute Gasteiger partial charge is 0.394 e. The third kappa shape index (κ3) is 31.6. The topological polar surface area (TPSA) is 149 Å². The molecule has 1 fully saturated rings. The molecule has 0 spiro atoms. The van der Waals surface area contributed by atoms with Gasteiger partial charge in [0.15, 0.2) is 6.29 Å². The minimum absolute atomic E-state index is 0.194. The Hall–Kier alpha value is -2.89. The van der Waals surface area contributed by atoms with Gasteiger partial charge in [-0.25, -0.2) is 0 Å². The van der Waals surface area contributed by atoms with Crippen molar-refractivity contribution in [3.05, 3.63) is 97.2 Å². The number of unbranched alkanes of at least 4 members (excludes halogenated alkanes) is 14. The number of hydrogen-bond donors (Lipinski definition) is 6. The van der Waals surface area contributed by atoms with Gasteiger partial charge >= 0.3 is 0 Å². The lowest BCUT2D eigenvalue weighted by atomic mass is 9.99. The molecule has 1 saturated heterocycles. The fourth-order valence-electron chi connectivity index (χ4n) is 6.84. The van der Waals surface area contributed by atoms with Crippen LogP contribution < -0.4 is 5.32 Å². The standard InChI is InChI=1S/C52H87NO8/c1-3-5-7-9-11-12-13-14-15-16-17-18-19-20-21-22-23-24-25-26-27-28-29-30-31-32-33-34-36-38-40-42-48(56)53-45(46(55)41-39-37-35-10-8-6-4-2)44-60-52-51(59)50(58)49(57)47(43-54)61-52/h5,7,11-12,14-15,17-18,20-21,23-24,26-27,39,41,45-47,49-52,54-55,57-59H,3-4,6,8-10,13,16,19,22,25,28-38,40,42-44H2,1-2H3,(H,53,56)/b7-5-,12-11-,15-14-,18-17-,21-20-,24-23-,27-26-,41-39+. The van der Waals surface area contributed by atoms with Crippen LogP contribution in [0.3, 0.4) is 0 Å². The third-order valence-electron chi connectivity index (χ3n) is 10.7. The maximum absolute atomic E-state index is 12.9. The Kier molecular flexibility index (Phi) is 37.9. The van der Waals surface area contributed by atoms with Crippen molar-refractivity contribution in [3.63, 3.8) is 0 Å². The van der Waals surface area contributed by atoms with Gasteiger partial charge in [0.2, 0.25) is 5.91 Å². The molecule has 1 aliphatic heterocycles. The van der Waals surface area contributed by atoms with E-state index in [-0.39, 0.29) is 12.5 Å². The van der Waals surface area contributed by atoms with E-state index in [1.165, 1.54) is 51.4 Å². The Bertz CT molecular complexity index is 1270. The van der Waals surface area contributed by atoms with E-state index in [1.54, 1.807) is 6.08 Å². The summed E-state index contributed by atoms with van der Waals surface area (Å²) in [5.74, 6) is -0.194. The monoisotopic (exact) mass is 854 g/mol. The molecule has 9 heteroatoms. The van der Waals surface area contributed by atoms with Crippen molar-refractivity contribution in [2.24, 2.45) is 0 Å². The molecule has 61 heavy (non-hydrogen) atoms. The first kappa shape index (κ1) is 56.1. The summed E-state index contributed by atoms with van der Waals surface area (Å²) in [6.07, 6.45) is 52.0. The highest BCUT2D eigenvalue weighted by Crippen LogP contribution is 2.22. The van der Waals surface area contributed by atoms with Crippen LogP contribution in [0, 0.1) is 0 Å². The summed E-state index contributed by atoms with van der Waals surface area (Å²) in [5, 5.41) is 53.9. The Morgan fingerprint density at radius 2 is 1.02 bits per heavy atom. The first-order chi connectivity index (χ1) is 29.8. The molecule has 0 bridgehead atoms. The Labute approximate surface area is 371 Å². The molecule has 6 N–H and O–H groups in total. The average molecular weight is 854 g/mol. The van der Waals surface area contributed by atoms with Gasteiger partial charge in [-0.3, -0.25) is 4.79 Å². The fraction of sp³-hybridized carbons (Fsp3) is 0.673. The maximum atomic E-state index is 12.9. The predicted octanol–water partition coefficient (Wildman–Crippen LogP) is 10.5. The van der Waals surface area contributed by atoms with Crippen LogP contribution in [0.5, 0.6) is 0 Å². The van der Waals surface area contributed by atoms with Gasteiger partial charge in [-0.2, -0.15) is 0 Å². The molecule has 0 radical (unpaired) electrons. The van der Waals surface area contributed by atoms with Crippen molar-refractivity contribution < 1.29 is 39.8 Å². The highest BCUT2D eigenvalue weighted by Gasteiger charge is 2.44. The van der Waals surface area contributed by atoms with E-state index in [0.717, 1.165) is 96.3 Å². The van der Waals surface area contributed by atoms with E-state index in [0.29, 0.717) is 6.42 Å². The second-order valence-electron chi connectivity index (χ2n) is 16.2. The molecule has 348 valence electrons. The maximum Gasteiger partial charge on any atom is 0.220 e. The Balaban J connectivity index is 2.17. The lowest BCUT2D eigenvalue weighted by Crippen LogP contribution is -2.60. The predicted molar refractivity (Wildman–Crippen MR) is 253 cm³/mol. The second kappa shape index (κ2) is 41.1. The molecule has 0 aromatic rings. The number of ether oxygens (including phenoxy) is 2.